The van der Waals surface area contributed by atoms with Crippen LogP contribution in [0.5, 0.6) is 0 Å². The van der Waals surface area contributed by atoms with Crippen LogP contribution in [0.1, 0.15) is 11.1 Å². The fourth-order valence-electron chi connectivity index (χ4n) is 3.14. The quantitative estimate of drug-likeness (QED) is 0.732. The number of nitrogens with one attached hydrogen (secondary N) is 2. The Balaban J connectivity index is 1.63. The number of benzene rings is 3. The number of rotatable bonds is 4. The van der Waals surface area contributed by atoms with Crippen molar-refractivity contribution in [1.29, 1.82) is 0 Å². The van der Waals surface area contributed by atoms with Gasteiger partial charge < -0.3 is 0 Å². The molecule has 0 spiro atoms. The molecule has 2 N–H and O–H groups in total. The molecule has 0 atom stereocenters. The Labute approximate surface area is 158 Å². The first kappa shape index (κ1) is 17.3. The molecular formula is C21H19N3O2S. The van der Waals surface area contributed by atoms with Gasteiger partial charge in [-0.15, -0.1) is 0 Å². The fraction of sp³-hybridized carbons (Fsp3) is 0.0952. The molecule has 1 aliphatic heterocycles. The highest BCUT2D eigenvalue weighted by molar-refractivity contribution is 7.88. The van der Waals surface area contributed by atoms with Gasteiger partial charge in [0.2, 0.25) is 0 Å². The molecule has 1 aliphatic rings. The van der Waals surface area contributed by atoms with Gasteiger partial charge in [-0.1, -0.05) is 72.8 Å². The zero-order valence-electron chi connectivity index (χ0n) is 14.6. The molecule has 0 fully saturated rings. The molecule has 5 nitrogen and oxygen atoms in total. The van der Waals surface area contributed by atoms with Crippen LogP contribution in [0.15, 0.2) is 89.6 Å². The fourth-order valence-corrected chi connectivity index (χ4v) is 4.06. The number of aliphatic imine (C=N–C) groups is 1. The second-order valence-corrected chi connectivity index (χ2v) is 7.79. The van der Waals surface area contributed by atoms with Crippen LogP contribution < -0.4 is 9.44 Å². The highest BCUT2D eigenvalue weighted by Crippen LogP contribution is 2.21. The molecule has 0 radical (unpaired) electrons. The molecule has 0 unspecified atom stereocenters. The van der Waals surface area contributed by atoms with Crippen molar-refractivity contribution in [2.45, 2.75) is 13.0 Å². The van der Waals surface area contributed by atoms with Crippen LogP contribution >= 0.6 is 0 Å². The van der Waals surface area contributed by atoms with Gasteiger partial charge in [0.1, 0.15) is 5.84 Å². The van der Waals surface area contributed by atoms with Crippen molar-refractivity contribution < 1.29 is 8.42 Å². The second-order valence-electron chi connectivity index (χ2n) is 6.38. The summed E-state index contributed by atoms with van der Waals surface area (Å²) in [7, 11) is -3.66. The van der Waals surface area contributed by atoms with Crippen molar-refractivity contribution >= 4 is 26.8 Å². The van der Waals surface area contributed by atoms with Gasteiger partial charge in [-0.3, -0.25) is 14.4 Å². The lowest BCUT2D eigenvalue weighted by molar-refractivity contribution is 0.582. The van der Waals surface area contributed by atoms with Crippen molar-refractivity contribution in [3.63, 3.8) is 0 Å². The second kappa shape index (κ2) is 7.25. The standard InChI is InChI=1S/C21H19N3O2S/c25-27(26)23-19(13-18-11-6-10-17-9-4-5-12-20(17)18)14-21(24-27)22-15-16-7-2-1-3-8-16/h1-12,14,23H,13,15H2,(H,22,24). The van der Waals surface area contributed by atoms with Crippen LogP contribution in [0.25, 0.3) is 10.8 Å². The van der Waals surface area contributed by atoms with E-state index in [1.165, 1.54) is 0 Å². The van der Waals surface area contributed by atoms with E-state index in [1.54, 1.807) is 6.08 Å². The Bertz CT molecular complexity index is 1130. The van der Waals surface area contributed by atoms with E-state index in [-0.39, 0.29) is 0 Å². The monoisotopic (exact) mass is 377 g/mol. The number of amidine groups is 1. The Morgan fingerprint density at radius 3 is 2.41 bits per heavy atom. The van der Waals surface area contributed by atoms with Gasteiger partial charge in [-0.2, -0.15) is 8.42 Å². The molecule has 0 bridgehead atoms. The third-order valence-electron chi connectivity index (χ3n) is 4.35. The first-order valence-corrected chi connectivity index (χ1v) is 10.1. The van der Waals surface area contributed by atoms with Gasteiger partial charge >= 0.3 is 10.2 Å². The van der Waals surface area contributed by atoms with Crippen LogP contribution in [0.2, 0.25) is 0 Å². The van der Waals surface area contributed by atoms with E-state index in [4.69, 9.17) is 0 Å². The van der Waals surface area contributed by atoms with E-state index in [0.717, 1.165) is 21.9 Å². The minimum atomic E-state index is -3.66. The van der Waals surface area contributed by atoms with Crippen LogP contribution in [0, 0.1) is 0 Å². The summed E-state index contributed by atoms with van der Waals surface area (Å²) < 4.78 is 29.4. The predicted octanol–water partition coefficient (Wildman–Crippen LogP) is 3.30. The Morgan fingerprint density at radius 2 is 1.56 bits per heavy atom. The summed E-state index contributed by atoms with van der Waals surface area (Å²) in [6, 6.07) is 23.8. The van der Waals surface area contributed by atoms with Gasteiger partial charge in [-0.25, -0.2) is 0 Å². The number of hydrogen-bond acceptors (Lipinski definition) is 3. The third kappa shape index (κ3) is 4.17. The maximum Gasteiger partial charge on any atom is 0.322 e. The molecule has 3 aromatic rings. The summed E-state index contributed by atoms with van der Waals surface area (Å²) >= 11 is 0. The lowest BCUT2D eigenvalue weighted by Crippen LogP contribution is -2.44. The van der Waals surface area contributed by atoms with Crippen molar-refractivity contribution in [2.24, 2.45) is 4.99 Å². The normalized spacial score (nSPS) is 17.2. The van der Waals surface area contributed by atoms with Crippen LogP contribution in [-0.4, -0.2) is 14.3 Å². The van der Waals surface area contributed by atoms with Crippen molar-refractivity contribution in [3.8, 4) is 0 Å². The molecule has 0 amide bonds. The summed E-state index contributed by atoms with van der Waals surface area (Å²) in [6.07, 6.45) is 2.23. The van der Waals surface area contributed by atoms with Crippen LogP contribution in [0.3, 0.4) is 0 Å². The highest BCUT2D eigenvalue weighted by Gasteiger charge is 2.20. The van der Waals surface area contributed by atoms with Gasteiger partial charge in [-0.05, 0) is 21.9 Å². The molecule has 0 saturated carbocycles. The number of nitrogens with zero attached hydrogens (tertiary/aromatic N) is 1. The van der Waals surface area contributed by atoms with Crippen molar-refractivity contribution in [2.75, 3.05) is 0 Å². The van der Waals surface area contributed by atoms with E-state index in [9.17, 15) is 8.42 Å². The lowest BCUT2D eigenvalue weighted by Gasteiger charge is -2.19. The van der Waals surface area contributed by atoms with Crippen molar-refractivity contribution in [3.05, 3.63) is 95.7 Å². The van der Waals surface area contributed by atoms with Crippen molar-refractivity contribution in [1.82, 2.24) is 9.44 Å². The summed E-state index contributed by atoms with van der Waals surface area (Å²) in [5.74, 6) is 0.341. The van der Waals surface area contributed by atoms with E-state index in [1.807, 2.05) is 72.8 Å². The summed E-state index contributed by atoms with van der Waals surface area (Å²) in [5, 5.41) is 2.24. The van der Waals surface area contributed by atoms with E-state index >= 15 is 0 Å². The number of allylic oxidation sites excluding steroid dienone is 1. The molecule has 6 heteroatoms. The average Bonchev–Trinajstić information content (AvgIpc) is 2.66. The first-order chi connectivity index (χ1) is 13.1. The lowest BCUT2D eigenvalue weighted by atomic mass is 10.0. The summed E-state index contributed by atoms with van der Waals surface area (Å²) in [6.45, 7) is 0.413. The largest absolute Gasteiger partial charge is 0.322 e. The van der Waals surface area contributed by atoms with Crippen LogP contribution in [0.4, 0.5) is 0 Å². The molecule has 0 aromatic heterocycles. The molecule has 1 heterocycles. The number of hydrogen-bond donors (Lipinski definition) is 2. The predicted molar refractivity (Wildman–Crippen MR) is 109 cm³/mol. The molecule has 3 aromatic carbocycles. The Morgan fingerprint density at radius 1 is 0.815 bits per heavy atom. The van der Waals surface area contributed by atoms with Gasteiger partial charge in [0, 0.05) is 18.2 Å². The molecule has 4 rings (SSSR count). The minimum absolute atomic E-state index is 0.341. The molecule has 0 aliphatic carbocycles. The zero-order chi connectivity index (χ0) is 18.7. The van der Waals surface area contributed by atoms with Gasteiger partial charge in [0.05, 0.1) is 6.54 Å². The topological polar surface area (TPSA) is 70.6 Å². The smallest absolute Gasteiger partial charge is 0.270 e. The SMILES string of the molecule is O=S1(=O)NC(Cc2cccc3ccccc23)=CC(=NCc2ccccc2)N1. The summed E-state index contributed by atoms with van der Waals surface area (Å²) in [5.41, 5.74) is 2.68. The number of fused-ring (bicyclic) bond motifs is 1. The van der Waals surface area contributed by atoms with E-state index in [2.05, 4.69) is 14.4 Å². The van der Waals surface area contributed by atoms with Gasteiger partial charge in [0.15, 0.2) is 0 Å². The maximum atomic E-state index is 12.2. The maximum absolute atomic E-state index is 12.2. The Kier molecular flexibility index (Phi) is 4.64. The average molecular weight is 377 g/mol. The summed E-state index contributed by atoms with van der Waals surface area (Å²) in [4.78, 5) is 4.41. The van der Waals surface area contributed by atoms with E-state index < -0.39 is 10.2 Å². The van der Waals surface area contributed by atoms with Crippen LogP contribution in [-0.2, 0) is 23.2 Å². The first-order valence-electron chi connectivity index (χ1n) is 8.65. The zero-order valence-corrected chi connectivity index (χ0v) is 15.4. The minimum Gasteiger partial charge on any atom is -0.270 e. The third-order valence-corrected chi connectivity index (χ3v) is 5.36. The Hall–Kier alpha value is -3.12. The van der Waals surface area contributed by atoms with E-state index in [0.29, 0.717) is 24.5 Å². The van der Waals surface area contributed by atoms with Gasteiger partial charge in [0.25, 0.3) is 0 Å². The molecule has 0 saturated heterocycles. The molecule has 27 heavy (non-hydrogen) atoms. The molecular weight excluding hydrogens is 358 g/mol. The highest BCUT2D eigenvalue weighted by atomic mass is 32.2. The molecule has 136 valence electrons.